The second kappa shape index (κ2) is 7.14. The molecule has 0 spiro atoms. The van der Waals surface area contributed by atoms with Crippen molar-refractivity contribution in [2.24, 2.45) is 5.92 Å². The van der Waals surface area contributed by atoms with Gasteiger partial charge in [-0.2, -0.15) is 11.8 Å². The fourth-order valence-corrected chi connectivity index (χ4v) is 3.44. The number of hydrogen-bond acceptors (Lipinski definition) is 3. The third-order valence-electron chi connectivity index (χ3n) is 3.73. The lowest BCUT2D eigenvalue weighted by Gasteiger charge is -2.24. The van der Waals surface area contributed by atoms with Crippen LogP contribution in [0.5, 0.6) is 0 Å². The van der Waals surface area contributed by atoms with Gasteiger partial charge in [0, 0.05) is 6.54 Å². The van der Waals surface area contributed by atoms with Gasteiger partial charge in [-0.15, -0.1) is 0 Å². The molecular weight excluding hydrogens is 268 g/mol. The van der Waals surface area contributed by atoms with E-state index in [1.165, 1.54) is 5.56 Å². The normalized spacial score (nSPS) is 24.1. The van der Waals surface area contributed by atoms with Gasteiger partial charge in [0.2, 0.25) is 5.91 Å². The van der Waals surface area contributed by atoms with E-state index in [4.69, 9.17) is 0 Å². The summed E-state index contributed by atoms with van der Waals surface area (Å²) in [5.41, 5.74) is 1.21. The van der Waals surface area contributed by atoms with Crippen molar-refractivity contribution in [3.8, 4) is 0 Å². The smallest absolute Gasteiger partial charge is 0.241 e. The van der Waals surface area contributed by atoms with E-state index in [0.717, 1.165) is 18.7 Å². The van der Waals surface area contributed by atoms with E-state index in [1.54, 1.807) is 0 Å². The summed E-state index contributed by atoms with van der Waals surface area (Å²) in [5, 5.41) is 3.42. The average Bonchev–Trinajstić information content (AvgIpc) is 2.68. The van der Waals surface area contributed by atoms with Gasteiger partial charge >= 0.3 is 0 Å². The summed E-state index contributed by atoms with van der Waals surface area (Å²) in [5.74, 6) is 1.88. The summed E-state index contributed by atoms with van der Waals surface area (Å²) in [4.78, 5) is 14.5. The minimum atomic E-state index is -0.0751. The first-order valence-electron chi connectivity index (χ1n) is 7.21. The fourth-order valence-electron chi connectivity index (χ4n) is 2.76. The third-order valence-corrected chi connectivity index (χ3v) is 4.64. The Labute approximate surface area is 126 Å². The monoisotopic (exact) mass is 292 g/mol. The summed E-state index contributed by atoms with van der Waals surface area (Å²) in [6, 6.07) is 10.1. The first kappa shape index (κ1) is 15.4. The number of nitrogens with one attached hydrogen (secondary N) is 1. The molecule has 2 rings (SSSR count). The van der Waals surface area contributed by atoms with Crippen LogP contribution >= 0.6 is 11.8 Å². The molecule has 0 bridgehead atoms. The predicted octanol–water partition coefficient (Wildman–Crippen LogP) is 2.37. The predicted molar refractivity (Wildman–Crippen MR) is 85.8 cm³/mol. The molecule has 3 unspecified atom stereocenters. The molecule has 1 aliphatic heterocycles. The number of carbonyl (C=O) groups excluding carboxylic acids is 1. The molecule has 1 fully saturated rings. The Morgan fingerprint density at radius 1 is 1.35 bits per heavy atom. The van der Waals surface area contributed by atoms with Crippen molar-refractivity contribution in [3.05, 3.63) is 35.9 Å². The van der Waals surface area contributed by atoms with Gasteiger partial charge in [0.05, 0.1) is 12.2 Å². The summed E-state index contributed by atoms with van der Waals surface area (Å²) in [6.07, 6.45) is 3.03. The molecule has 0 radical (unpaired) electrons. The Hall–Kier alpha value is -1.00. The maximum Gasteiger partial charge on any atom is 0.241 e. The Morgan fingerprint density at radius 3 is 2.70 bits per heavy atom. The van der Waals surface area contributed by atoms with Crippen LogP contribution in [-0.4, -0.2) is 41.6 Å². The quantitative estimate of drug-likeness (QED) is 0.873. The van der Waals surface area contributed by atoms with Gasteiger partial charge in [-0.05, 0) is 36.8 Å². The Morgan fingerprint density at radius 2 is 2.05 bits per heavy atom. The molecule has 0 aromatic heterocycles. The number of amides is 1. The average molecular weight is 292 g/mol. The number of thioether (sulfide) groups is 1. The van der Waals surface area contributed by atoms with Crippen molar-refractivity contribution in [1.82, 2.24) is 10.2 Å². The van der Waals surface area contributed by atoms with Crippen LogP contribution in [0.2, 0.25) is 0 Å². The second-order valence-corrected chi connectivity index (χ2v) is 6.55. The first-order chi connectivity index (χ1) is 9.61. The van der Waals surface area contributed by atoms with Gasteiger partial charge in [0.15, 0.2) is 0 Å². The van der Waals surface area contributed by atoms with E-state index in [2.05, 4.69) is 37.6 Å². The van der Waals surface area contributed by atoms with Gasteiger partial charge in [-0.3, -0.25) is 10.1 Å². The zero-order chi connectivity index (χ0) is 14.5. The van der Waals surface area contributed by atoms with E-state index in [9.17, 15) is 4.79 Å². The Kier molecular flexibility index (Phi) is 5.49. The molecule has 110 valence electrons. The Bertz CT molecular complexity index is 437. The highest BCUT2D eigenvalue weighted by atomic mass is 32.2. The van der Waals surface area contributed by atoms with Crippen molar-refractivity contribution >= 4 is 17.7 Å². The maximum absolute atomic E-state index is 12.5. The lowest BCUT2D eigenvalue weighted by Crippen LogP contribution is -2.38. The van der Waals surface area contributed by atoms with E-state index in [0.29, 0.717) is 5.92 Å². The van der Waals surface area contributed by atoms with Crippen molar-refractivity contribution in [1.29, 1.82) is 0 Å². The van der Waals surface area contributed by atoms with Gasteiger partial charge in [-0.1, -0.05) is 37.3 Å². The van der Waals surface area contributed by atoms with Crippen molar-refractivity contribution < 1.29 is 4.79 Å². The molecule has 1 aliphatic rings. The largest absolute Gasteiger partial charge is 0.326 e. The van der Waals surface area contributed by atoms with E-state index >= 15 is 0 Å². The van der Waals surface area contributed by atoms with E-state index < -0.39 is 0 Å². The SMILES string of the molecule is CSCC(C)CN1C(=O)C(Cc2ccccc2)NC1C. The number of benzene rings is 1. The standard InChI is InChI=1S/C16H24N2OS/c1-12(11-20-3)10-18-13(2)17-15(16(18)19)9-14-7-5-4-6-8-14/h4-8,12-13,15,17H,9-11H2,1-3H3. The Balaban J connectivity index is 1.96. The van der Waals surface area contributed by atoms with Crippen LogP contribution in [-0.2, 0) is 11.2 Å². The zero-order valence-electron chi connectivity index (χ0n) is 12.5. The van der Waals surface area contributed by atoms with Crippen LogP contribution in [0.1, 0.15) is 19.4 Å². The highest BCUT2D eigenvalue weighted by Crippen LogP contribution is 2.17. The van der Waals surface area contributed by atoms with Crippen LogP contribution < -0.4 is 5.32 Å². The maximum atomic E-state index is 12.5. The molecule has 1 aromatic carbocycles. The topological polar surface area (TPSA) is 32.3 Å². The molecule has 3 atom stereocenters. The summed E-state index contributed by atoms with van der Waals surface area (Å²) < 4.78 is 0. The minimum Gasteiger partial charge on any atom is -0.326 e. The van der Waals surface area contributed by atoms with Crippen LogP contribution in [0.15, 0.2) is 30.3 Å². The van der Waals surface area contributed by atoms with Gasteiger partial charge in [0.1, 0.15) is 0 Å². The van der Waals surface area contributed by atoms with Gasteiger partial charge in [0.25, 0.3) is 0 Å². The highest BCUT2D eigenvalue weighted by Gasteiger charge is 2.36. The molecule has 1 amide bonds. The summed E-state index contributed by atoms with van der Waals surface area (Å²) in [6.45, 7) is 5.13. The number of hydrogen-bond donors (Lipinski definition) is 1. The summed E-state index contributed by atoms with van der Waals surface area (Å²) >= 11 is 1.84. The van der Waals surface area contributed by atoms with Crippen LogP contribution in [0.4, 0.5) is 0 Å². The molecule has 0 saturated carbocycles. The number of rotatable bonds is 6. The molecule has 1 heterocycles. The fraction of sp³-hybridized carbons (Fsp3) is 0.562. The lowest BCUT2D eigenvalue weighted by molar-refractivity contribution is -0.130. The lowest BCUT2D eigenvalue weighted by atomic mass is 10.1. The van der Waals surface area contributed by atoms with E-state index in [1.807, 2.05) is 34.9 Å². The third kappa shape index (κ3) is 3.76. The molecule has 20 heavy (non-hydrogen) atoms. The molecule has 1 aromatic rings. The number of carbonyl (C=O) groups is 1. The highest BCUT2D eigenvalue weighted by molar-refractivity contribution is 7.98. The molecule has 1 saturated heterocycles. The van der Waals surface area contributed by atoms with Crippen LogP contribution in [0.3, 0.4) is 0 Å². The molecular formula is C16H24N2OS. The second-order valence-electron chi connectivity index (χ2n) is 5.64. The number of nitrogens with zero attached hydrogens (tertiary/aromatic N) is 1. The summed E-state index contributed by atoms with van der Waals surface area (Å²) in [7, 11) is 0. The van der Waals surface area contributed by atoms with Crippen molar-refractivity contribution in [2.45, 2.75) is 32.5 Å². The molecule has 3 nitrogen and oxygen atoms in total. The molecule has 4 heteroatoms. The minimum absolute atomic E-state index is 0.0751. The zero-order valence-corrected chi connectivity index (χ0v) is 13.3. The van der Waals surface area contributed by atoms with Crippen molar-refractivity contribution in [2.75, 3.05) is 18.6 Å². The van der Waals surface area contributed by atoms with Crippen LogP contribution in [0, 0.1) is 5.92 Å². The van der Waals surface area contributed by atoms with Crippen molar-refractivity contribution in [3.63, 3.8) is 0 Å². The van der Waals surface area contributed by atoms with Gasteiger partial charge < -0.3 is 4.90 Å². The first-order valence-corrected chi connectivity index (χ1v) is 8.60. The van der Waals surface area contributed by atoms with Gasteiger partial charge in [-0.25, -0.2) is 0 Å². The molecule has 0 aliphatic carbocycles. The van der Waals surface area contributed by atoms with Crippen LogP contribution in [0.25, 0.3) is 0 Å². The molecule has 1 N–H and O–H groups in total. The van der Waals surface area contributed by atoms with E-state index in [-0.39, 0.29) is 18.1 Å².